The van der Waals surface area contributed by atoms with Gasteiger partial charge in [-0.05, 0) is 36.4 Å². The number of benzene rings is 2. The van der Waals surface area contributed by atoms with E-state index in [1.165, 1.54) is 6.07 Å². The van der Waals surface area contributed by atoms with E-state index in [2.05, 4.69) is 20.9 Å². The molecule has 2 N–H and O–H groups in total. The van der Waals surface area contributed by atoms with Crippen molar-refractivity contribution in [3.8, 4) is 11.5 Å². The Morgan fingerprint density at radius 1 is 1.10 bits per heavy atom. The van der Waals surface area contributed by atoms with E-state index in [4.69, 9.17) is 10.5 Å². The van der Waals surface area contributed by atoms with E-state index in [-0.39, 0.29) is 5.75 Å². The molecule has 0 aliphatic rings. The molecule has 1 heterocycles. The van der Waals surface area contributed by atoms with Gasteiger partial charge in [-0.2, -0.15) is 0 Å². The summed E-state index contributed by atoms with van der Waals surface area (Å²) in [6.45, 7) is 0. The van der Waals surface area contributed by atoms with Crippen LogP contribution >= 0.6 is 15.9 Å². The Morgan fingerprint density at radius 3 is 2.75 bits per heavy atom. The van der Waals surface area contributed by atoms with Crippen molar-refractivity contribution in [2.75, 3.05) is 5.73 Å². The summed E-state index contributed by atoms with van der Waals surface area (Å²) < 4.78 is 20.1. The third-order valence-corrected chi connectivity index (χ3v) is 3.37. The standard InChI is InChI=1S/C15H10BrFN2O/c16-9-4-5-14(11(17)8-9)20-13-6-7-19-15-10(13)2-1-3-12(15)18/h1-8H,18H2. The molecular formula is C15H10BrFN2O. The second-order valence-electron chi connectivity index (χ2n) is 4.23. The molecule has 0 fully saturated rings. The third-order valence-electron chi connectivity index (χ3n) is 2.88. The van der Waals surface area contributed by atoms with Crippen LogP contribution in [0.3, 0.4) is 0 Å². The van der Waals surface area contributed by atoms with E-state index in [1.807, 2.05) is 12.1 Å². The highest BCUT2D eigenvalue weighted by atomic mass is 79.9. The maximum atomic E-state index is 13.8. The second kappa shape index (κ2) is 5.09. The molecule has 2 aromatic carbocycles. The lowest BCUT2D eigenvalue weighted by Crippen LogP contribution is -1.93. The fourth-order valence-electron chi connectivity index (χ4n) is 1.94. The zero-order chi connectivity index (χ0) is 14.1. The topological polar surface area (TPSA) is 48.1 Å². The van der Waals surface area contributed by atoms with Gasteiger partial charge in [-0.15, -0.1) is 0 Å². The minimum atomic E-state index is -0.437. The molecule has 0 radical (unpaired) electrons. The molecule has 0 saturated heterocycles. The van der Waals surface area contributed by atoms with Gasteiger partial charge in [-0.25, -0.2) is 4.39 Å². The van der Waals surface area contributed by atoms with Crippen LogP contribution in [0.5, 0.6) is 11.5 Å². The van der Waals surface area contributed by atoms with Crippen LogP contribution in [0.4, 0.5) is 10.1 Å². The maximum Gasteiger partial charge on any atom is 0.166 e. The van der Waals surface area contributed by atoms with Gasteiger partial charge in [0.2, 0.25) is 0 Å². The molecular weight excluding hydrogens is 323 g/mol. The molecule has 0 aliphatic heterocycles. The van der Waals surface area contributed by atoms with Crippen molar-refractivity contribution in [2.24, 2.45) is 0 Å². The molecule has 0 unspecified atom stereocenters. The zero-order valence-corrected chi connectivity index (χ0v) is 11.9. The molecule has 100 valence electrons. The number of aromatic nitrogens is 1. The normalized spacial score (nSPS) is 10.7. The molecule has 5 heteroatoms. The van der Waals surface area contributed by atoms with Crippen molar-refractivity contribution in [2.45, 2.75) is 0 Å². The Hall–Kier alpha value is -2.14. The number of fused-ring (bicyclic) bond motifs is 1. The van der Waals surface area contributed by atoms with Crippen molar-refractivity contribution >= 4 is 32.5 Å². The van der Waals surface area contributed by atoms with Crippen molar-refractivity contribution in [3.05, 3.63) is 59.0 Å². The highest BCUT2D eigenvalue weighted by Crippen LogP contribution is 2.32. The molecule has 3 rings (SSSR count). The van der Waals surface area contributed by atoms with Gasteiger partial charge in [0, 0.05) is 16.1 Å². The molecule has 1 aromatic heterocycles. The monoisotopic (exact) mass is 332 g/mol. The summed E-state index contributed by atoms with van der Waals surface area (Å²) in [5.41, 5.74) is 7.07. The van der Waals surface area contributed by atoms with Crippen LogP contribution in [0.2, 0.25) is 0 Å². The first-order valence-electron chi connectivity index (χ1n) is 5.91. The van der Waals surface area contributed by atoms with E-state index in [9.17, 15) is 4.39 Å². The number of hydrogen-bond donors (Lipinski definition) is 1. The number of nitrogens with two attached hydrogens (primary N) is 1. The molecule has 0 bridgehead atoms. The fourth-order valence-corrected chi connectivity index (χ4v) is 2.27. The Morgan fingerprint density at radius 2 is 1.95 bits per heavy atom. The van der Waals surface area contributed by atoms with Gasteiger partial charge in [0.15, 0.2) is 11.6 Å². The molecule has 0 spiro atoms. The molecule has 0 saturated carbocycles. The van der Waals surface area contributed by atoms with Crippen molar-refractivity contribution in [1.82, 2.24) is 4.98 Å². The van der Waals surface area contributed by atoms with Gasteiger partial charge >= 0.3 is 0 Å². The summed E-state index contributed by atoms with van der Waals surface area (Å²) in [7, 11) is 0. The lowest BCUT2D eigenvalue weighted by atomic mass is 10.2. The largest absolute Gasteiger partial charge is 0.454 e. The predicted octanol–water partition coefficient (Wildman–Crippen LogP) is 4.51. The first kappa shape index (κ1) is 12.9. The summed E-state index contributed by atoms with van der Waals surface area (Å²) in [5, 5.41) is 0.745. The molecule has 0 atom stereocenters. The van der Waals surface area contributed by atoms with Gasteiger partial charge in [-0.1, -0.05) is 22.0 Å². The van der Waals surface area contributed by atoms with Gasteiger partial charge in [0.05, 0.1) is 11.2 Å². The lowest BCUT2D eigenvalue weighted by molar-refractivity contribution is 0.446. The number of nitrogens with zero attached hydrogens (tertiary/aromatic N) is 1. The summed E-state index contributed by atoms with van der Waals surface area (Å²) in [4.78, 5) is 4.21. The van der Waals surface area contributed by atoms with E-state index in [1.54, 1.807) is 30.5 Å². The average molecular weight is 333 g/mol. The zero-order valence-electron chi connectivity index (χ0n) is 10.3. The lowest BCUT2D eigenvalue weighted by Gasteiger charge is -2.10. The Labute approximate surface area is 123 Å². The van der Waals surface area contributed by atoms with Gasteiger partial charge in [0.25, 0.3) is 0 Å². The van der Waals surface area contributed by atoms with E-state index in [0.717, 1.165) is 5.39 Å². The van der Waals surface area contributed by atoms with Gasteiger partial charge in [0.1, 0.15) is 5.75 Å². The smallest absolute Gasteiger partial charge is 0.166 e. The predicted molar refractivity (Wildman–Crippen MR) is 80.3 cm³/mol. The van der Waals surface area contributed by atoms with Crippen molar-refractivity contribution in [1.29, 1.82) is 0 Å². The third kappa shape index (κ3) is 2.32. The van der Waals surface area contributed by atoms with Crippen molar-refractivity contribution < 1.29 is 9.13 Å². The van der Waals surface area contributed by atoms with Crippen molar-refractivity contribution in [3.63, 3.8) is 0 Å². The molecule has 3 aromatic rings. The van der Waals surface area contributed by atoms with E-state index < -0.39 is 5.82 Å². The number of rotatable bonds is 2. The summed E-state index contributed by atoms with van der Waals surface area (Å²) >= 11 is 3.21. The number of para-hydroxylation sites is 1. The molecule has 3 nitrogen and oxygen atoms in total. The van der Waals surface area contributed by atoms with E-state index in [0.29, 0.717) is 21.4 Å². The number of ether oxygens (including phenoxy) is 1. The fraction of sp³-hybridized carbons (Fsp3) is 0. The Kier molecular flexibility index (Phi) is 3.28. The quantitative estimate of drug-likeness (QED) is 0.702. The van der Waals surface area contributed by atoms with Crippen LogP contribution in [0.25, 0.3) is 10.9 Å². The average Bonchev–Trinajstić information content (AvgIpc) is 2.43. The van der Waals surface area contributed by atoms with Crippen LogP contribution in [0, 0.1) is 5.82 Å². The maximum absolute atomic E-state index is 13.8. The summed E-state index contributed by atoms with van der Waals surface area (Å²) in [6, 6.07) is 11.7. The van der Waals surface area contributed by atoms with Crippen LogP contribution in [-0.2, 0) is 0 Å². The minimum Gasteiger partial charge on any atom is -0.454 e. The summed E-state index contributed by atoms with van der Waals surface area (Å²) in [6.07, 6.45) is 1.59. The SMILES string of the molecule is Nc1cccc2c(Oc3ccc(Br)cc3F)ccnc12. The Bertz CT molecular complexity index is 792. The minimum absolute atomic E-state index is 0.156. The number of hydrogen-bond acceptors (Lipinski definition) is 3. The van der Waals surface area contributed by atoms with Crippen LogP contribution in [0.15, 0.2) is 53.1 Å². The van der Waals surface area contributed by atoms with Gasteiger partial charge < -0.3 is 10.5 Å². The number of anilines is 1. The Balaban J connectivity index is 2.09. The van der Waals surface area contributed by atoms with E-state index >= 15 is 0 Å². The highest BCUT2D eigenvalue weighted by Gasteiger charge is 2.09. The highest BCUT2D eigenvalue weighted by molar-refractivity contribution is 9.10. The molecule has 0 aliphatic carbocycles. The number of nitrogen functional groups attached to an aromatic ring is 1. The number of halogens is 2. The van der Waals surface area contributed by atoms with Crippen LogP contribution in [-0.4, -0.2) is 4.98 Å². The summed E-state index contributed by atoms with van der Waals surface area (Å²) in [5.74, 6) is 0.236. The first-order chi connectivity index (χ1) is 9.65. The first-order valence-corrected chi connectivity index (χ1v) is 6.70. The second-order valence-corrected chi connectivity index (χ2v) is 5.14. The molecule has 0 amide bonds. The number of pyridine rings is 1. The van der Waals surface area contributed by atoms with Crippen LogP contribution in [0.1, 0.15) is 0 Å². The van der Waals surface area contributed by atoms with Gasteiger partial charge in [-0.3, -0.25) is 4.98 Å². The molecule has 20 heavy (non-hydrogen) atoms. The van der Waals surface area contributed by atoms with Crippen LogP contribution < -0.4 is 10.5 Å².